The van der Waals surface area contributed by atoms with Crippen LogP contribution in [0.2, 0.25) is 0 Å². The van der Waals surface area contributed by atoms with E-state index in [1.54, 1.807) is 13.0 Å². The Morgan fingerprint density at radius 1 is 1.11 bits per heavy atom. The Hall–Kier alpha value is -2.82. The Labute approximate surface area is 163 Å². The van der Waals surface area contributed by atoms with Crippen LogP contribution in [0.5, 0.6) is 0 Å². The molecule has 1 unspecified atom stereocenters. The highest BCUT2D eigenvalue weighted by Crippen LogP contribution is 2.30. The number of aromatic nitrogens is 1. The third-order valence-electron chi connectivity index (χ3n) is 5.01. The Morgan fingerprint density at radius 2 is 1.86 bits per heavy atom. The van der Waals surface area contributed by atoms with Crippen molar-refractivity contribution in [3.63, 3.8) is 0 Å². The number of rotatable bonds is 3. The summed E-state index contributed by atoms with van der Waals surface area (Å²) in [4.78, 5) is 9.13. The lowest BCUT2D eigenvalue weighted by Gasteiger charge is -2.35. The van der Waals surface area contributed by atoms with Crippen LogP contribution in [0.25, 0.3) is 10.9 Å². The Balaban J connectivity index is 1.75. The molecule has 5 heteroatoms. The number of hydrogen-bond acceptors (Lipinski definition) is 3. The van der Waals surface area contributed by atoms with Gasteiger partial charge in [0.1, 0.15) is 11.1 Å². The summed E-state index contributed by atoms with van der Waals surface area (Å²) in [6, 6.07) is 14.7. The summed E-state index contributed by atoms with van der Waals surface area (Å²) >= 11 is 0. The molecule has 28 heavy (non-hydrogen) atoms. The van der Waals surface area contributed by atoms with Crippen LogP contribution < -0.4 is 0 Å². The zero-order chi connectivity index (χ0) is 19.9. The second kappa shape index (κ2) is 6.97. The van der Waals surface area contributed by atoms with E-state index in [0.717, 1.165) is 18.9 Å². The summed E-state index contributed by atoms with van der Waals surface area (Å²) in [5.74, 6) is -1.32. The predicted molar refractivity (Wildman–Crippen MR) is 107 cm³/mol. The predicted octanol–water partition coefficient (Wildman–Crippen LogP) is 5.38. The van der Waals surface area contributed by atoms with Crippen molar-refractivity contribution in [2.75, 3.05) is 0 Å². The van der Waals surface area contributed by atoms with Gasteiger partial charge >= 0.3 is 0 Å². The minimum absolute atomic E-state index is 0.0257. The number of pyridine rings is 1. The average Bonchev–Trinajstić information content (AvgIpc) is 2.64. The van der Waals surface area contributed by atoms with Gasteiger partial charge in [0.15, 0.2) is 11.6 Å². The molecule has 0 fully saturated rings. The van der Waals surface area contributed by atoms with E-state index >= 15 is 0 Å². The van der Waals surface area contributed by atoms with Crippen LogP contribution in [0, 0.1) is 18.6 Å². The fourth-order valence-corrected chi connectivity index (χ4v) is 3.73. The number of halogens is 2. The summed E-state index contributed by atoms with van der Waals surface area (Å²) in [5.41, 5.74) is 2.14. The fourth-order valence-electron chi connectivity index (χ4n) is 3.73. The first-order chi connectivity index (χ1) is 13.3. The van der Waals surface area contributed by atoms with E-state index in [0.29, 0.717) is 22.5 Å². The van der Waals surface area contributed by atoms with E-state index in [9.17, 15) is 8.78 Å². The van der Waals surface area contributed by atoms with E-state index in [2.05, 4.69) is 17.1 Å². The first kappa shape index (κ1) is 18.5. The van der Waals surface area contributed by atoms with Gasteiger partial charge in [0.2, 0.25) is 5.90 Å². The maximum atomic E-state index is 14.1. The van der Waals surface area contributed by atoms with Crippen LogP contribution in [0.3, 0.4) is 0 Å². The van der Waals surface area contributed by atoms with Crippen molar-refractivity contribution in [2.24, 2.45) is 4.99 Å². The summed E-state index contributed by atoms with van der Waals surface area (Å²) in [6.45, 7) is 5.84. The van der Waals surface area contributed by atoms with E-state index in [1.807, 2.05) is 32.0 Å². The second-order valence-corrected chi connectivity index (χ2v) is 7.90. The van der Waals surface area contributed by atoms with E-state index in [4.69, 9.17) is 9.73 Å². The summed E-state index contributed by atoms with van der Waals surface area (Å²) < 4.78 is 33.8. The molecule has 0 amide bonds. The number of hydrogen-bond donors (Lipinski definition) is 0. The smallest absolute Gasteiger partial charge is 0.218 e. The topological polar surface area (TPSA) is 34.5 Å². The van der Waals surface area contributed by atoms with Crippen molar-refractivity contribution in [1.29, 1.82) is 0 Å². The molecule has 1 aliphatic rings. The van der Waals surface area contributed by atoms with Crippen LogP contribution in [0.4, 0.5) is 8.78 Å². The van der Waals surface area contributed by atoms with Gasteiger partial charge in [-0.15, -0.1) is 0 Å². The van der Waals surface area contributed by atoms with Crippen molar-refractivity contribution in [3.05, 3.63) is 77.0 Å². The molecule has 3 nitrogen and oxygen atoms in total. The lowest BCUT2D eigenvalue weighted by Crippen LogP contribution is -2.38. The first-order valence-electron chi connectivity index (χ1n) is 9.39. The summed E-state index contributed by atoms with van der Waals surface area (Å²) in [7, 11) is 0. The minimum Gasteiger partial charge on any atom is -0.471 e. The van der Waals surface area contributed by atoms with Gasteiger partial charge in [0.25, 0.3) is 0 Å². The lowest BCUT2D eigenvalue weighted by atomic mass is 9.92. The highest BCUT2D eigenvalue weighted by atomic mass is 19.2. The molecular formula is C23H22F2N2O. The van der Waals surface area contributed by atoms with E-state index < -0.39 is 11.6 Å². The SMILES string of the molecule is Cc1nc2c(F)c(F)ccc2cc1C1=NC(Cc2ccccc2)CC(C)(C)O1. The zero-order valence-electron chi connectivity index (χ0n) is 16.2. The molecular weight excluding hydrogens is 358 g/mol. The van der Waals surface area contributed by atoms with E-state index in [1.165, 1.54) is 11.6 Å². The highest BCUT2D eigenvalue weighted by Gasteiger charge is 2.33. The third-order valence-corrected chi connectivity index (χ3v) is 5.01. The molecule has 4 rings (SSSR count). The molecule has 0 spiro atoms. The molecule has 1 aromatic heterocycles. The number of benzene rings is 2. The molecule has 0 bridgehead atoms. The van der Waals surface area contributed by atoms with Crippen LogP contribution in [-0.2, 0) is 11.2 Å². The van der Waals surface area contributed by atoms with Gasteiger partial charge in [-0.2, -0.15) is 0 Å². The molecule has 144 valence electrons. The number of aliphatic imine (C=N–C) groups is 1. The summed E-state index contributed by atoms with van der Waals surface area (Å²) in [5, 5.41) is 0.522. The zero-order valence-corrected chi connectivity index (χ0v) is 16.2. The molecule has 1 aliphatic heterocycles. The molecule has 0 radical (unpaired) electrons. The van der Waals surface area contributed by atoms with Crippen LogP contribution >= 0.6 is 0 Å². The van der Waals surface area contributed by atoms with Crippen molar-refractivity contribution in [3.8, 4) is 0 Å². The molecule has 2 heterocycles. The normalized spacial score (nSPS) is 18.6. The quantitative estimate of drug-likeness (QED) is 0.611. The lowest BCUT2D eigenvalue weighted by molar-refractivity contribution is 0.0633. The maximum absolute atomic E-state index is 14.1. The number of nitrogens with zero attached hydrogens (tertiary/aromatic N) is 2. The molecule has 1 atom stereocenters. The van der Waals surface area contributed by atoms with Crippen molar-refractivity contribution >= 4 is 16.8 Å². The Morgan fingerprint density at radius 3 is 2.61 bits per heavy atom. The number of fused-ring (bicyclic) bond motifs is 1. The Kier molecular flexibility index (Phi) is 4.61. The standard InChI is InChI=1S/C23H22F2N2O/c1-14-18(12-16-9-10-19(24)20(25)21(16)26-14)22-27-17(13-23(2,3)28-22)11-15-7-5-4-6-8-15/h4-10,12,17H,11,13H2,1-3H3. The van der Waals surface area contributed by atoms with Crippen LogP contribution in [0.15, 0.2) is 53.5 Å². The minimum atomic E-state index is -0.930. The molecule has 3 aromatic rings. The average molecular weight is 380 g/mol. The summed E-state index contributed by atoms with van der Waals surface area (Å²) in [6.07, 6.45) is 1.61. The molecule has 0 aliphatic carbocycles. The van der Waals surface area contributed by atoms with Gasteiger partial charge in [0, 0.05) is 11.8 Å². The molecule has 0 N–H and O–H groups in total. The van der Waals surface area contributed by atoms with Crippen LogP contribution in [0.1, 0.15) is 37.1 Å². The van der Waals surface area contributed by atoms with Crippen molar-refractivity contribution < 1.29 is 13.5 Å². The Bertz CT molecular complexity index is 1060. The number of aryl methyl sites for hydroxylation is 1. The largest absolute Gasteiger partial charge is 0.471 e. The monoisotopic (exact) mass is 380 g/mol. The van der Waals surface area contributed by atoms with Gasteiger partial charge < -0.3 is 4.74 Å². The van der Waals surface area contributed by atoms with Gasteiger partial charge in [0.05, 0.1) is 17.3 Å². The maximum Gasteiger partial charge on any atom is 0.218 e. The van der Waals surface area contributed by atoms with Gasteiger partial charge in [-0.3, -0.25) is 0 Å². The van der Waals surface area contributed by atoms with Crippen molar-refractivity contribution in [2.45, 2.75) is 45.3 Å². The van der Waals surface area contributed by atoms with Crippen molar-refractivity contribution in [1.82, 2.24) is 4.98 Å². The van der Waals surface area contributed by atoms with Gasteiger partial charge in [-0.05, 0) is 51.0 Å². The number of ether oxygens (including phenoxy) is 1. The first-order valence-corrected chi connectivity index (χ1v) is 9.39. The molecule has 0 saturated heterocycles. The fraction of sp³-hybridized carbons (Fsp3) is 0.304. The van der Waals surface area contributed by atoms with Crippen LogP contribution in [-0.4, -0.2) is 22.5 Å². The van der Waals surface area contributed by atoms with E-state index in [-0.39, 0.29) is 17.2 Å². The van der Waals surface area contributed by atoms with Gasteiger partial charge in [-0.25, -0.2) is 18.8 Å². The molecule has 0 saturated carbocycles. The third kappa shape index (κ3) is 3.61. The molecule has 2 aromatic carbocycles. The second-order valence-electron chi connectivity index (χ2n) is 7.90. The van der Waals surface area contributed by atoms with Gasteiger partial charge in [-0.1, -0.05) is 30.3 Å². The highest BCUT2D eigenvalue weighted by molar-refractivity contribution is 5.99.